The molecule has 6 unspecified atom stereocenters. The van der Waals surface area contributed by atoms with E-state index >= 15 is 0 Å². The molecule has 0 amide bonds. The Morgan fingerprint density at radius 2 is 0.357 bits per heavy atom. The van der Waals surface area contributed by atoms with Crippen LogP contribution in [0.4, 0.5) is 0 Å². The third-order valence-corrected chi connectivity index (χ3v) is 16.4. The summed E-state index contributed by atoms with van der Waals surface area (Å²) in [5.74, 6) is 0. The first-order chi connectivity index (χ1) is 24.8. The molecule has 0 spiro atoms. The Hall–Kier alpha value is 2.86. The third-order valence-electron chi connectivity index (χ3n) is 10.7. The molecule has 56 heavy (non-hydrogen) atoms. The minimum atomic E-state index is 0. The van der Waals surface area contributed by atoms with E-state index in [0.29, 0.717) is 0 Å². The smallest absolute Gasteiger partial charge is 1.00 e. The monoisotopic (exact) mass is 1110 g/mol. The van der Waals surface area contributed by atoms with Gasteiger partial charge in [0.25, 0.3) is 0 Å². The van der Waals surface area contributed by atoms with Gasteiger partial charge in [-0.2, -0.15) is 35.3 Å². The number of rotatable bonds is 36. The Labute approximate surface area is 408 Å². The van der Waals surface area contributed by atoms with E-state index in [1.54, 1.807) is 0 Å². The van der Waals surface area contributed by atoms with Gasteiger partial charge in [0.05, 0.1) is 0 Å². The van der Waals surface area contributed by atoms with Crippen molar-refractivity contribution in [2.24, 2.45) is 0 Å². The topological polar surface area (TPSA) is 0 Å². The molecule has 0 fully saturated rings. The minimum Gasteiger partial charge on any atom is -1.00 e. The molecule has 0 N–H and O–H groups in total. The van der Waals surface area contributed by atoms with Gasteiger partial charge >= 0.3 is 20.1 Å². The molecule has 0 nitrogen and oxygen atoms in total. The van der Waals surface area contributed by atoms with Crippen LogP contribution in [-0.2, 0) is 20.1 Å². The molecule has 6 atom stereocenters. The van der Waals surface area contributed by atoms with Crippen molar-refractivity contribution in [1.29, 1.82) is 0 Å². The summed E-state index contributed by atoms with van der Waals surface area (Å²) >= 11 is 6.87. The largest absolute Gasteiger partial charge is 4.00 e. The summed E-state index contributed by atoms with van der Waals surface area (Å²) in [6.07, 6.45) is 42.1. The molecule has 0 aliphatic carbocycles. The summed E-state index contributed by atoms with van der Waals surface area (Å²) in [4.78, 5) is 0. The zero-order valence-corrected chi connectivity index (χ0v) is 47.6. The van der Waals surface area contributed by atoms with Crippen molar-refractivity contribution in [2.45, 2.75) is 307 Å². The second-order valence-corrected chi connectivity index (χ2v) is 20.4. The fourth-order valence-electron chi connectivity index (χ4n) is 6.76. The maximum atomic E-state index is 2.36. The van der Waals surface area contributed by atoms with Gasteiger partial charge in [0, 0.05) is 31.5 Å². The van der Waals surface area contributed by atoms with Crippen molar-refractivity contribution in [3.8, 4) is 0 Å². The Morgan fingerprint density at radius 3 is 0.446 bits per heavy atom. The number of hydrogen-bond acceptors (Lipinski definition) is 3. The molecule has 0 aromatic heterocycles. The first-order valence-electron chi connectivity index (χ1n) is 23.8. The van der Waals surface area contributed by atoms with Gasteiger partial charge in [0.2, 0.25) is 0 Å². The van der Waals surface area contributed by atoms with Gasteiger partial charge in [-0.05, 0) is 77.0 Å². The van der Waals surface area contributed by atoms with Crippen LogP contribution in [0.3, 0.4) is 0 Å². The Kier molecular flexibility index (Phi) is 87.7. The molecule has 0 saturated carbocycles. The van der Waals surface area contributed by atoms with Crippen molar-refractivity contribution >= 4 is 35.3 Å². The van der Waals surface area contributed by atoms with Gasteiger partial charge in [-0.15, -0.1) is 0 Å². The van der Waals surface area contributed by atoms with Crippen molar-refractivity contribution in [3.05, 3.63) is 0 Å². The van der Waals surface area contributed by atoms with E-state index in [9.17, 15) is 0 Å². The van der Waals surface area contributed by atoms with E-state index < -0.39 is 0 Å². The van der Waals surface area contributed by atoms with Crippen LogP contribution in [0.25, 0.3) is 0 Å². The molecule has 0 rings (SSSR count). The summed E-state index contributed by atoms with van der Waals surface area (Å²) in [6.45, 7) is 28.0. The summed E-state index contributed by atoms with van der Waals surface area (Å²) in [5, 5.41) is 5.55. The van der Waals surface area contributed by atoms with Crippen LogP contribution in [0.2, 0.25) is 0 Å². The van der Waals surface area contributed by atoms with E-state index in [1.165, 1.54) is 193 Å². The summed E-state index contributed by atoms with van der Waals surface area (Å²) < 4.78 is 0. The van der Waals surface area contributed by atoms with Crippen molar-refractivity contribution in [3.63, 3.8) is 0 Å². The first kappa shape index (κ1) is 76.2. The number of hydrogen-bond donors (Lipinski definition) is 0. The molecule has 0 aromatic rings. The molecular weight excluding hydrogens is 1010 g/mol. The van der Waals surface area contributed by atoms with Gasteiger partial charge in [-0.25, -0.2) is 0 Å². The zero-order valence-electron chi connectivity index (χ0n) is 39.7. The average Bonchev–Trinajstić information content (AvgIpc) is 3.15. The molecule has 349 valence electrons. The predicted molar refractivity (Wildman–Crippen MR) is 252 cm³/mol. The Balaban J connectivity index is -0.0000000985. The van der Waals surface area contributed by atoms with Gasteiger partial charge in [0.15, 0.2) is 0 Å². The normalized spacial score (nSPS) is 13.5. The third kappa shape index (κ3) is 54.9. The molecule has 0 heterocycles. The average molecular weight is 1110 g/mol. The van der Waals surface area contributed by atoms with Crippen LogP contribution in [0.5, 0.6) is 0 Å². The summed E-state index contributed by atoms with van der Waals surface area (Å²) in [5.41, 5.74) is 0. The van der Waals surface area contributed by atoms with E-state index in [4.69, 9.17) is 0 Å². The molecular formula is C48H102Cl4IrS3. The molecule has 0 aliphatic rings. The number of unbranched alkanes of at least 4 members (excludes halogenated alkanes) is 12. The second kappa shape index (κ2) is 64.5. The summed E-state index contributed by atoms with van der Waals surface area (Å²) in [7, 11) is 0. The minimum absolute atomic E-state index is 0. The maximum Gasteiger partial charge on any atom is 4.00 e. The van der Waals surface area contributed by atoms with Crippen LogP contribution in [-0.4, -0.2) is 31.5 Å². The van der Waals surface area contributed by atoms with E-state index in [0.717, 1.165) is 31.5 Å². The number of halogens is 4. The molecule has 0 bridgehead atoms. The van der Waals surface area contributed by atoms with Gasteiger partial charge in [-0.3, -0.25) is 0 Å². The number of thioether (sulfide) groups is 3. The van der Waals surface area contributed by atoms with Crippen LogP contribution in [0, 0.1) is 0 Å². The van der Waals surface area contributed by atoms with Gasteiger partial charge in [-0.1, -0.05) is 199 Å². The van der Waals surface area contributed by atoms with Crippen molar-refractivity contribution in [1.82, 2.24) is 0 Å². The van der Waals surface area contributed by atoms with Crippen LogP contribution in [0.1, 0.15) is 276 Å². The van der Waals surface area contributed by atoms with Crippen LogP contribution < -0.4 is 49.6 Å². The SMILES string of the molecule is CCCCCC(CC)SC(CC)CCCCC.CCCCCC(CC)SC(CC)CCCCC.CCCCCC(CC)SC(CC)CCCCC.[Cl-].[Cl-].[Cl-].[Cl-].[Ir+4]. The summed E-state index contributed by atoms with van der Waals surface area (Å²) in [6, 6.07) is 0. The van der Waals surface area contributed by atoms with E-state index in [2.05, 4.69) is 118 Å². The Bertz CT molecular complexity index is 494. The molecule has 0 aliphatic heterocycles. The Morgan fingerprint density at radius 1 is 0.232 bits per heavy atom. The van der Waals surface area contributed by atoms with Crippen LogP contribution in [0.15, 0.2) is 0 Å². The van der Waals surface area contributed by atoms with Crippen molar-refractivity contribution in [2.75, 3.05) is 0 Å². The van der Waals surface area contributed by atoms with Gasteiger partial charge < -0.3 is 49.6 Å². The first-order valence-corrected chi connectivity index (χ1v) is 26.6. The quantitative estimate of drug-likeness (QED) is 0.0605. The fraction of sp³-hybridized carbons (Fsp3) is 1.00. The molecule has 0 aromatic carbocycles. The van der Waals surface area contributed by atoms with E-state index in [1.807, 2.05) is 0 Å². The van der Waals surface area contributed by atoms with Crippen LogP contribution >= 0.6 is 35.3 Å². The van der Waals surface area contributed by atoms with Gasteiger partial charge in [0.1, 0.15) is 0 Å². The van der Waals surface area contributed by atoms with Crippen molar-refractivity contribution < 1.29 is 69.7 Å². The predicted octanol–water partition coefficient (Wildman–Crippen LogP) is 7.33. The maximum absolute atomic E-state index is 2.36. The standard InChI is InChI=1S/3C16H34S.4ClH.Ir/c3*1-5-9-11-13-15(7-3)17-16(8-4)14-12-10-6-2;;;;;/h3*15-16H,5-14H2,1-4H3;4*1H;/q;;;;;;;+4/p-4. The molecule has 8 heteroatoms. The molecule has 0 saturated heterocycles. The second-order valence-electron chi connectivity index (χ2n) is 15.6. The van der Waals surface area contributed by atoms with E-state index in [-0.39, 0.29) is 69.7 Å². The zero-order chi connectivity index (χ0) is 38.8. The fourth-order valence-corrected chi connectivity index (χ4v) is 11.4. The molecule has 1 radical (unpaired) electrons.